The van der Waals surface area contributed by atoms with Crippen LogP contribution in [0, 0.1) is 41.5 Å². The summed E-state index contributed by atoms with van der Waals surface area (Å²) in [6.45, 7) is 10.5. The predicted molar refractivity (Wildman–Crippen MR) is 280 cm³/mol. The molecule has 0 atom stereocenters. The summed E-state index contributed by atoms with van der Waals surface area (Å²) in [5.74, 6) is -2.89. The molecule has 1 heterocycles. The van der Waals surface area contributed by atoms with Crippen molar-refractivity contribution in [3.05, 3.63) is 165 Å². The van der Waals surface area contributed by atoms with E-state index in [0.29, 0.717) is 45.0 Å². The number of carboxylic acid groups (broad SMARTS) is 2. The van der Waals surface area contributed by atoms with Crippen molar-refractivity contribution >= 4 is 95.0 Å². The summed E-state index contributed by atoms with van der Waals surface area (Å²) < 4.78 is 80.4. The minimum Gasteiger partial charge on any atom is -0.478 e. The first-order valence-corrected chi connectivity index (χ1v) is 25.2. The molecular formula is C53H46N6O13S2. The van der Waals surface area contributed by atoms with Gasteiger partial charge in [-0.05, 0) is 130 Å². The summed E-state index contributed by atoms with van der Waals surface area (Å²) in [7, 11) is -10.0. The largest absolute Gasteiger partial charge is 0.478 e. The molecule has 0 radical (unpaired) electrons. The fourth-order valence-electron chi connectivity index (χ4n) is 8.86. The lowest BCUT2D eigenvalue weighted by Crippen LogP contribution is -2.21. The molecule has 2 aliphatic rings. The van der Waals surface area contributed by atoms with Gasteiger partial charge in [0, 0.05) is 57.0 Å². The standard InChI is InChI=1S/C53H46N6O13S2/c1-26-18-28(3)48(58-52(64)55-34-12-8-7-9-13-34)30(5)46(26)54-35-16-17-37-41(23-35)72-42-25-40(44(74(69,70)71)24-39(42)45(37)38-14-10-11-15-43(38)73(66,67)68)57-47-27(2)19-29(4)49(31(47)6)59-53(65)56-36-21-32(50(60)61)20-33(22-36)51(62)63/h7-25,54H,1-6H3,(H,60,61)(H,62,63)(H2,55,58,64)(H2,56,59,65)(H,66,67,68)(H,69,70,71). The molecule has 0 aromatic heterocycles. The lowest BCUT2D eigenvalue weighted by molar-refractivity contribution is 0.0696. The van der Waals surface area contributed by atoms with E-state index in [0.717, 1.165) is 35.4 Å². The third-order valence-corrected chi connectivity index (χ3v) is 13.9. The number of carboxylic acids is 2. The van der Waals surface area contributed by atoms with Gasteiger partial charge in [0.25, 0.3) is 20.2 Å². The van der Waals surface area contributed by atoms with Gasteiger partial charge in [0.15, 0.2) is 0 Å². The Labute approximate surface area is 423 Å². The fraction of sp³-hybridized carbons (Fsp3) is 0.113. The van der Waals surface area contributed by atoms with E-state index in [1.807, 2.05) is 32.9 Å². The Bertz CT molecular complexity index is 3920. The van der Waals surface area contributed by atoms with E-state index < -0.39 is 54.0 Å². The first-order chi connectivity index (χ1) is 34.9. The lowest BCUT2D eigenvalue weighted by atomic mass is 9.93. The molecule has 1 aliphatic heterocycles. The zero-order chi connectivity index (χ0) is 53.6. The molecule has 0 bridgehead atoms. The van der Waals surface area contributed by atoms with E-state index in [1.54, 1.807) is 69.3 Å². The number of anilines is 6. The van der Waals surface area contributed by atoms with Crippen LogP contribution in [0.2, 0.25) is 0 Å². The van der Waals surface area contributed by atoms with Gasteiger partial charge in [-0.25, -0.2) is 24.2 Å². The number of amides is 4. The molecule has 0 saturated heterocycles. The fourth-order valence-corrected chi connectivity index (χ4v) is 10.2. The SMILES string of the molecule is Cc1cc(C)c(NC(=O)Nc2cc(C(=O)O)cc(C(=O)O)c2)c(C)c1N=c1cc2oc3cc(Nc4c(C)cc(C)c(NC(=O)Nc5ccccc5)c4C)ccc3c(-c3ccccc3S(=O)(=O)O)c-2cc1S(=O)(=O)O. The number of hydrogen-bond acceptors (Lipinski definition) is 11. The Morgan fingerprint density at radius 1 is 0.514 bits per heavy atom. The van der Waals surface area contributed by atoms with Crippen LogP contribution < -0.4 is 31.9 Å². The van der Waals surface area contributed by atoms with Crippen molar-refractivity contribution < 1.29 is 59.7 Å². The predicted octanol–water partition coefficient (Wildman–Crippen LogP) is 11.2. The highest BCUT2D eigenvalue weighted by Gasteiger charge is 2.28. The van der Waals surface area contributed by atoms with Crippen molar-refractivity contribution in [3.8, 4) is 22.5 Å². The van der Waals surface area contributed by atoms with Gasteiger partial charge in [0.1, 0.15) is 21.1 Å². The number of carbonyl (C=O) groups excluding carboxylic acids is 2. The van der Waals surface area contributed by atoms with Crippen molar-refractivity contribution in [1.29, 1.82) is 0 Å². The van der Waals surface area contributed by atoms with Gasteiger partial charge in [0.05, 0.1) is 33.5 Å². The molecule has 1 aliphatic carbocycles. The van der Waals surface area contributed by atoms with Crippen molar-refractivity contribution in [2.45, 2.75) is 51.3 Å². The first kappa shape index (κ1) is 51.5. The average Bonchev–Trinajstić information content (AvgIpc) is 3.32. The minimum atomic E-state index is -5.14. The average molecular weight is 1040 g/mol. The number of urea groups is 2. The summed E-state index contributed by atoms with van der Waals surface area (Å²) in [6.07, 6.45) is 0. The zero-order valence-corrected chi connectivity index (χ0v) is 41.8. The maximum absolute atomic E-state index is 13.4. The highest BCUT2D eigenvalue weighted by atomic mass is 32.2. The molecule has 8 rings (SSSR count). The number of fused-ring (bicyclic) bond motifs is 2. The smallest absolute Gasteiger partial charge is 0.335 e. The van der Waals surface area contributed by atoms with Gasteiger partial charge in [-0.1, -0.05) is 48.5 Å². The summed E-state index contributed by atoms with van der Waals surface area (Å²) in [5.41, 5.74) is 5.64. The molecular weight excluding hydrogens is 993 g/mol. The minimum absolute atomic E-state index is 0.00463. The van der Waals surface area contributed by atoms with E-state index >= 15 is 0 Å². The van der Waals surface area contributed by atoms with E-state index in [1.165, 1.54) is 30.3 Å². The Hall–Kier alpha value is -8.89. The number of para-hydroxylation sites is 1. The number of rotatable bonds is 12. The molecule has 378 valence electrons. The number of aromatic carboxylic acids is 2. The number of benzene rings is 7. The topological polar surface area (TPSA) is 303 Å². The van der Waals surface area contributed by atoms with Crippen LogP contribution in [0.1, 0.15) is 54.1 Å². The van der Waals surface area contributed by atoms with Gasteiger partial charge in [-0.15, -0.1) is 0 Å². The van der Waals surface area contributed by atoms with Crippen molar-refractivity contribution in [2.75, 3.05) is 26.6 Å². The Balaban J connectivity index is 1.27. The van der Waals surface area contributed by atoms with Crippen LogP contribution in [-0.4, -0.2) is 60.2 Å². The van der Waals surface area contributed by atoms with Crippen molar-refractivity contribution in [2.24, 2.45) is 4.99 Å². The van der Waals surface area contributed by atoms with E-state index in [-0.39, 0.29) is 67.0 Å². The van der Waals surface area contributed by atoms with Gasteiger partial charge >= 0.3 is 24.0 Å². The third-order valence-electron chi connectivity index (χ3n) is 12.1. The molecule has 6 aromatic rings. The van der Waals surface area contributed by atoms with E-state index in [4.69, 9.17) is 9.41 Å². The molecule has 21 heteroatoms. The van der Waals surface area contributed by atoms with Crippen LogP contribution in [0.4, 0.5) is 49.4 Å². The molecule has 6 aromatic carbocycles. The zero-order valence-electron chi connectivity index (χ0n) is 40.2. The first-order valence-electron chi connectivity index (χ1n) is 22.3. The summed E-state index contributed by atoms with van der Waals surface area (Å²) in [4.78, 5) is 53.4. The molecule has 0 saturated carbocycles. The number of nitrogens with one attached hydrogen (secondary N) is 5. The lowest BCUT2D eigenvalue weighted by Gasteiger charge is -2.21. The van der Waals surface area contributed by atoms with E-state index in [2.05, 4.69) is 26.6 Å². The maximum atomic E-state index is 13.4. The number of nitrogens with zero attached hydrogens (tertiary/aromatic N) is 1. The van der Waals surface area contributed by atoms with Gasteiger partial charge in [0.2, 0.25) is 0 Å². The second kappa shape index (κ2) is 20.0. The second-order valence-corrected chi connectivity index (χ2v) is 20.1. The molecule has 4 amide bonds. The highest BCUT2D eigenvalue weighted by molar-refractivity contribution is 7.86. The molecule has 19 nitrogen and oxygen atoms in total. The molecule has 74 heavy (non-hydrogen) atoms. The van der Waals surface area contributed by atoms with E-state index in [9.17, 15) is 55.3 Å². The normalized spacial score (nSPS) is 11.9. The number of carbonyl (C=O) groups is 4. The Morgan fingerprint density at radius 2 is 1.07 bits per heavy atom. The third kappa shape index (κ3) is 10.7. The van der Waals surface area contributed by atoms with Crippen molar-refractivity contribution in [1.82, 2.24) is 0 Å². The van der Waals surface area contributed by atoms with Crippen LogP contribution in [0.15, 0.2) is 134 Å². The Kier molecular flexibility index (Phi) is 13.9. The number of hydrogen-bond donors (Lipinski definition) is 9. The van der Waals surface area contributed by atoms with Crippen LogP contribution >= 0.6 is 0 Å². The molecule has 9 N–H and O–H groups in total. The quantitative estimate of drug-likeness (QED) is 0.0406. The van der Waals surface area contributed by atoms with Gasteiger partial charge in [-0.2, -0.15) is 16.8 Å². The summed E-state index contributed by atoms with van der Waals surface area (Å²) in [6, 6.07) is 27.0. The van der Waals surface area contributed by atoms with Crippen LogP contribution in [0.5, 0.6) is 0 Å². The van der Waals surface area contributed by atoms with Crippen LogP contribution in [0.25, 0.3) is 33.4 Å². The summed E-state index contributed by atoms with van der Waals surface area (Å²) >= 11 is 0. The van der Waals surface area contributed by atoms with Crippen LogP contribution in [0.3, 0.4) is 0 Å². The highest BCUT2D eigenvalue weighted by Crippen LogP contribution is 2.44. The van der Waals surface area contributed by atoms with Gasteiger partial charge in [-0.3, -0.25) is 9.11 Å². The monoisotopic (exact) mass is 1040 g/mol. The number of aryl methyl sites for hydroxylation is 4. The van der Waals surface area contributed by atoms with Crippen molar-refractivity contribution in [3.63, 3.8) is 0 Å². The van der Waals surface area contributed by atoms with Crippen LogP contribution in [-0.2, 0) is 20.2 Å². The molecule has 0 fully saturated rings. The molecule has 0 spiro atoms. The Morgan fingerprint density at radius 3 is 1.68 bits per heavy atom. The molecule has 0 unspecified atom stereocenters. The summed E-state index contributed by atoms with van der Waals surface area (Å²) in [5, 5.41) is 33.3. The van der Waals surface area contributed by atoms with Gasteiger partial charge < -0.3 is 41.2 Å². The second-order valence-electron chi connectivity index (χ2n) is 17.4. The maximum Gasteiger partial charge on any atom is 0.335 e.